The van der Waals surface area contributed by atoms with Crippen LogP contribution in [0.4, 0.5) is 5.82 Å². The molecule has 3 aromatic rings. The highest BCUT2D eigenvalue weighted by atomic mass is 32.2. The van der Waals surface area contributed by atoms with Gasteiger partial charge in [-0.2, -0.15) is 5.10 Å². The van der Waals surface area contributed by atoms with Gasteiger partial charge in [-0.1, -0.05) is 63.8 Å². The van der Waals surface area contributed by atoms with Crippen LogP contribution in [0.2, 0.25) is 0 Å². The van der Waals surface area contributed by atoms with Gasteiger partial charge in [-0.25, -0.2) is 4.68 Å². The van der Waals surface area contributed by atoms with E-state index in [1.54, 1.807) is 28.0 Å². The Morgan fingerprint density at radius 2 is 1.89 bits per heavy atom. The molecule has 2 aromatic heterocycles. The average Bonchev–Trinajstić information content (AvgIpc) is 3.50. The standard InChI is InChI=1S/C30H38N4O2S2/c1-19-13-14-22(20(2)16-19)34-29-26(28(32-34)30(3,4)5)27(23-12-9-15-37-23)38-18-25(36)33(29)17-24(35)31-21-10-7-6-8-11-21/h9,12-16,21,27H,6-8,10-11,17-18H2,1-5H3,(H,31,35). The number of benzene rings is 1. The van der Waals surface area contributed by atoms with E-state index >= 15 is 0 Å². The SMILES string of the molecule is Cc1ccc(-n2nc(C(C)(C)C)c3c2N(CC(=O)NC2CCCCC2)C(=O)CSC3c2cccs2)c(C)c1. The molecule has 5 rings (SSSR count). The van der Waals surface area contributed by atoms with Gasteiger partial charge in [0.05, 0.1) is 22.4 Å². The Balaban J connectivity index is 1.68. The van der Waals surface area contributed by atoms with Gasteiger partial charge in [-0.15, -0.1) is 23.1 Å². The third kappa shape index (κ3) is 5.43. The Labute approximate surface area is 234 Å². The van der Waals surface area contributed by atoms with Gasteiger partial charge in [-0.3, -0.25) is 14.5 Å². The van der Waals surface area contributed by atoms with E-state index in [9.17, 15) is 9.59 Å². The van der Waals surface area contributed by atoms with Crippen LogP contribution in [0, 0.1) is 13.8 Å². The molecule has 1 N–H and O–H groups in total. The number of carbonyl (C=O) groups excluding carboxylic acids is 2. The summed E-state index contributed by atoms with van der Waals surface area (Å²) >= 11 is 3.34. The minimum Gasteiger partial charge on any atom is -0.352 e. The summed E-state index contributed by atoms with van der Waals surface area (Å²) in [6.07, 6.45) is 5.54. The van der Waals surface area contributed by atoms with Gasteiger partial charge < -0.3 is 5.32 Å². The lowest BCUT2D eigenvalue weighted by Crippen LogP contribution is -2.46. The molecule has 1 fully saturated rings. The molecule has 0 radical (unpaired) electrons. The molecule has 0 saturated heterocycles. The number of fused-ring (bicyclic) bond motifs is 1. The highest BCUT2D eigenvalue weighted by molar-refractivity contribution is 8.00. The molecule has 202 valence electrons. The Hall–Kier alpha value is -2.58. The quantitative estimate of drug-likeness (QED) is 0.396. The van der Waals surface area contributed by atoms with Crippen LogP contribution in [0.3, 0.4) is 0 Å². The number of nitrogens with one attached hydrogen (secondary N) is 1. The van der Waals surface area contributed by atoms with E-state index in [2.05, 4.69) is 75.6 Å². The number of anilines is 1. The van der Waals surface area contributed by atoms with Crippen LogP contribution in [0.25, 0.3) is 5.69 Å². The van der Waals surface area contributed by atoms with Gasteiger partial charge in [-0.05, 0) is 49.8 Å². The largest absolute Gasteiger partial charge is 0.352 e. The van der Waals surface area contributed by atoms with E-state index in [1.807, 2.05) is 4.68 Å². The fourth-order valence-electron chi connectivity index (χ4n) is 5.61. The van der Waals surface area contributed by atoms with Crippen molar-refractivity contribution in [3.63, 3.8) is 0 Å². The van der Waals surface area contributed by atoms with Gasteiger partial charge in [0.25, 0.3) is 0 Å². The van der Waals surface area contributed by atoms with Crippen LogP contribution in [0.1, 0.15) is 85.4 Å². The Morgan fingerprint density at radius 1 is 1.13 bits per heavy atom. The van der Waals surface area contributed by atoms with Crippen LogP contribution >= 0.6 is 23.1 Å². The summed E-state index contributed by atoms with van der Waals surface area (Å²) in [4.78, 5) is 30.1. The summed E-state index contributed by atoms with van der Waals surface area (Å²) in [5, 5.41) is 10.5. The molecular weight excluding hydrogens is 512 g/mol. The second-order valence-electron chi connectivity index (χ2n) is 11.6. The zero-order chi connectivity index (χ0) is 27.0. The molecule has 3 heterocycles. The third-order valence-electron chi connectivity index (χ3n) is 7.45. The predicted octanol–water partition coefficient (Wildman–Crippen LogP) is 6.47. The van der Waals surface area contributed by atoms with Crippen LogP contribution in [0.5, 0.6) is 0 Å². The lowest BCUT2D eigenvalue weighted by molar-refractivity contribution is -0.123. The van der Waals surface area contributed by atoms with Gasteiger partial charge >= 0.3 is 0 Å². The van der Waals surface area contributed by atoms with Crippen LogP contribution in [-0.2, 0) is 15.0 Å². The first-order valence-corrected chi connectivity index (χ1v) is 15.5. The number of carbonyl (C=O) groups is 2. The lowest BCUT2D eigenvalue weighted by Gasteiger charge is -2.27. The van der Waals surface area contributed by atoms with Crippen molar-refractivity contribution in [2.24, 2.45) is 0 Å². The van der Waals surface area contributed by atoms with E-state index in [0.717, 1.165) is 54.0 Å². The van der Waals surface area contributed by atoms with Crippen LogP contribution in [-0.4, -0.2) is 39.9 Å². The van der Waals surface area contributed by atoms with E-state index in [4.69, 9.17) is 5.10 Å². The summed E-state index contributed by atoms with van der Waals surface area (Å²) < 4.78 is 1.93. The zero-order valence-electron chi connectivity index (χ0n) is 23.0. The monoisotopic (exact) mass is 550 g/mol. The van der Waals surface area contributed by atoms with Gasteiger partial charge in [0, 0.05) is 21.9 Å². The smallest absolute Gasteiger partial charge is 0.240 e. The minimum atomic E-state index is -0.257. The number of amides is 2. The Kier molecular flexibility index (Phi) is 7.74. The van der Waals surface area contributed by atoms with E-state index in [0.29, 0.717) is 5.75 Å². The number of thiophene rings is 1. The molecule has 38 heavy (non-hydrogen) atoms. The zero-order valence-corrected chi connectivity index (χ0v) is 24.7. The average molecular weight is 551 g/mol. The van der Waals surface area contributed by atoms with Gasteiger partial charge in [0.2, 0.25) is 11.8 Å². The maximum Gasteiger partial charge on any atom is 0.240 e. The number of nitrogens with zero attached hydrogens (tertiary/aromatic N) is 3. The Morgan fingerprint density at radius 3 is 2.55 bits per heavy atom. The van der Waals surface area contributed by atoms with Gasteiger partial charge in [0.1, 0.15) is 12.4 Å². The third-order valence-corrected chi connectivity index (χ3v) is 9.78. The topological polar surface area (TPSA) is 67.2 Å². The molecule has 1 aromatic carbocycles. The molecule has 1 atom stereocenters. The second kappa shape index (κ2) is 10.9. The number of aromatic nitrogens is 2. The number of hydrogen-bond acceptors (Lipinski definition) is 5. The summed E-state index contributed by atoms with van der Waals surface area (Å²) in [6, 6.07) is 10.7. The maximum absolute atomic E-state index is 13.8. The fraction of sp³-hybridized carbons (Fsp3) is 0.500. The van der Waals surface area contributed by atoms with Crippen LogP contribution < -0.4 is 10.2 Å². The first-order chi connectivity index (χ1) is 18.1. The van der Waals surface area contributed by atoms with E-state index in [-0.39, 0.29) is 35.1 Å². The summed E-state index contributed by atoms with van der Waals surface area (Å²) in [5.41, 5.74) is 4.94. The normalized spacial score (nSPS) is 18.8. The summed E-state index contributed by atoms with van der Waals surface area (Å²) in [6.45, 7) is 10.7. The van der Waals surface area contributed by atoms with Crippen molar-refractivity contribution in [2.45, 2.75) is 83.4 Å². The molecule has 2 aliphatic rings. The molecule has 0 bridgehead atoms. The van der Waals surface area contributed by atoms with Crippen molar-refractivity contribution in [1.82, 2.24) is 15.1 Å². The summed E-state index contributed by atoms with van der Waals surface area (Å²) in [5.74, 6) is 0.890. The number of thioether (sulfide) groups is 1. The molecule has 1 aliphatic carbocycles. The lowest BCUT2D eigenvalue weighted by atomic mass is 9.88. The molecule has 0 spiro atoms. The molecule has 1 aliphatic heterocycles. The van der Waals surface area contributed by atoms with Crippen molar-refractivity contribution < 1.29 is 9.59 Å². The molecule has 2 amide bonds. The molecule has 1 saturated carbocycles. The first-order valence-electron chi connectivity index (χ1n) is 13.6. The second-order valence-corrected chi connectivity index (χ2v) is 13.7. The van der Waals surface area contributed by atoms with Crippen molar-refractivity contribution in [2.75, 3.05) is 17.2 Å². The van der Waals surface area contributed by atoms with Crippen molar-refractivity contribution >= 4 is 40.7 Å². The van der Waals surface area contributed by atoms with E-state index < -0.39 is 0 Å². The highest BCUT2D eigenvalue weighted by Gasteiger charge is 2.40. The maximum atomic E-state index is 13.8. The molecule has 8 heteroatoms. The molecule has 6 nitrogen and oxygen atoms in total. The molecule has 1 unspecified atom stereocenters. The summed E-state index contributed by atoms with van der Waals surface area (Å²) in [7, 11) is 0. The highest BCUT2D eigenvalue weighted by Crippen LogP contribution is 2.49. The first kappa shape index (κ1) is 27.0. The Bertz CT molecular complexity index is 1320. The van der Waals surface area contributed by atoms with Crippen molar-refractivity contribution in [3.05, 3.63) is 63.0 Å². The van der Waals surface area contributed by atoms with Crippen molar-refractivity contribution in [1.29, 1.82) is 0 Å². The van der Waals surface area contributed by atoms with Crippen LogP contribution in [0.15, 0.2) is 35.7 Å². The number of aryl methyl sites for hydroxylation is 2. The predicted molar refractivity (Wildman–Crippen MR) is 158 cm³/mol. The van der Waals surface area contributed by atoms with Crippen molar-refractivity contribution in [3.8, 4) is 5.69 Å². The van der Waals surface area contributed by atoms with Gasteiger partial charge in [0.15, 0.2) is 0 Å². The minimum absolute atomic E-state index is 0.000237. The fourth-order valence-corrected chi connectivity index (χ4v) is 7.79. The van der Waals surface area contributed by atoms with E-state index in [1.165, 1.54) is 16.9 Å². The number of rotatable bonds is 5. The molecular formula is C30H38N4O2S2. The number of hydrogen-bond donors (Lipinski definition) is 1.